The highest BCUT2D eigenvalue weighted by Crippen LogP contribution is 2.56. The third kappa shape index (κ3) is 3.02. The lowest BCUT2D eigenvalue weighted by atomic mass is 9.82. The second kappa shape index (κ2) is 6.31. The minimum Gasteiger partial charge on any atom is -0.218 e. The Hall–Kier alpha value is -2.56. The summed E-state index contributed by atoms with van der Waals surface area (Å²) in [5, 5.41) is 9.14. The van der Waals surface area contributed by atoms with Gasteiger partial charge in [0.1, 0.15) is 0 Å². The highest BCUT2D eigenvalue weighted by molar-refractivity contribution is 5.77. The number of benzene rings is 2. The molecule has 1 nitrogen and oxygen atoms in total. The van der Waals surface area contributed by atoms with Crippen LogP contribution in [0, 0.1) is 31.2 Å². The molecular formula is C18H11F7N. The van der Waals surface area contributed by atoms with Crippen LogP contribution < -0.4 is 0 Å². The van der Waals surface area contributed by atoms with E-state index in [-0.39, 0.29) is 22.3 Å². The fourth-order valence-electron chi connectivity index (χ4n) is 2.77. The van der Waals surface area contributed by atoms with E-state index in [0.717, 1.165) is 0 Å². The van der Waals surface area contributed by atoms with Crippen molar-refractivity contribution in [1.82, 2.24) is 0 Å². The van der Waals surface area contributed by atoms with Crippen LogP contribution in [-0.4, -0.2) is 12.4 Å². The molecule has 8 heteroatoms. The van der Waals surface area contributed by atoms with Crippen LogP contribution in [-0.2, 0) is 5.67 Å². The Bertz CT molecular complexity index is 859. The van der Waals surface area contributed by atoms with Crippen LogP contribution in [0.2, 0.25) is 0 Å². The quantitative estimate of drug-likeness (QED) is 0.598. The van der Waals surface area contributed by atoms with Crippen molar-refractivity contribution in [3.8, 4) is 17.2 Å². The molecule has 0 unspecified atom stereocenters. The topological polar surface area (TPSA) is 23.8 Å². The molecule has 0 saturated heterocycles. The maximum Gasteiger partial charge on any atom is 0.435 e. The van der Waals surface area contributed by atoms with Crippen LogP contribution >= 0.6 is 0 Å². The van der Waals surface area contributed by atoms with Gasteiger partial charge in [0.2, 0.25) is 0 Å². The van der Waals surface area contributed by atoms with Gasteiger partial charge >= 0.3 is 18.0 Å². The second-order valence-corrected chi connectivity index (χ2v) is 5.68. The molecule has 0 aliphatic carbocycles. The summed E-state index contributed by atoms with van der Waals surface area (Å²) in [6, 6.07) is 9.87. The normalized spacial score (nSPS) is 12.8. The molecule has 0 bridgehead atoms. The van der Waals surface area contributed by atoms with Gasteiger partial charge in [0.25, 0.3) is 0 Å². The first-order valence-electron chi connectivity index (χ1n) is 7.20. The Labute approximate surface area is 144 Å². The van der Waals surface area contributed by atoms with Gasteiger partial charge in [-0.2, -0.15) is 31.6 Å². The summed E-state index contributed by atoms with van der Waals surface area (Å²) in [5.41, 5.74) is -8.47. The highest BCUT2D eigenvalue weighted by atomic mass is 19.4. The van der Waals surface area contributed by atoms with E-state index in [1.54, 1.807) is 6.07 Å². The number of halogens is 7. The maximum atomic E-state index is 14.7. The predicted octanol–water partition coefficient (Wildman–Crippen LogP) is 5.93. The third-order valence-electron chi connectivity index (χ3n) is 3.86. The molecule has 2 aromatic rings. The number of nitriles is 1. The average Bonchev–Trinajstić information content (AvgIpc) is 2.51. The maximum absolute atomic E-state index is 14.7. The van der Waals surface area contributed by atoms with Gasteiger partial charge in [-0.15, -0.1) is 0 Å². The zero-order valence-electron chi connectivity index (χ0n) is 13.5. The summed E-state index contributed by atoms with van der Waals surface area (Å²) < 4.78 is 94.3. The number of rotatable bonds is 2. The zero-order valence-corrected chi connectivity index (χ0v) is 13.5. The van der Waals surface area contributed by atoms with E-state index in [4.69, 9.17) is 5.26 Å². The van der Waals surface area contributed by atoms with Crippen molar-refractivity contribution in [2.45, 2.75) is 31.9 Å². The third-order valence-corrected chi connectivity index (χ3v) is 3.86. The first kappa shape index (κ1) is 19.8. The minimum atomic E-state index is -6.25. The van der Waals surface area contributed by atoms with Crippen LogP contribution in [0.15, 0.2) is 30.3 Å². The van der Waals surface area contributed by atoms with Crippen molar-refractivity contribution in [3.63, 3.8) is 0 Å². The van der Waals surface area contributed by atoms with Crippen molar-refractivity contribution < 1.29 is 30.7 Å². The number of nitrogens with zero attached hydrogens (tertiary/aromatic N) is 1. The molecule has 0 saturated carbocycles. The van der Waals surface area contributed by atoms with E-state index in [9.17, 15) is 30.7 Å². The molecule has 0 fully saturated rings. The highest BCUT2D eigenvalue weighted by Gasteiger charge is 2.74. The number of alkyl halides is 7. The molecule has 0 aliphatic rings. The smallest absolute Gasteiger partial charge is 0.218 e. The van der Waals surface area contributed by atoms with Crippen molar-refractivity contribution in [2.24, 2.45) is 0 Å². The summed E-state index contributed by atoms with van der Waals surface area (Å²) >= 11 is 0. The van der Waals surface area contributed by atoms with Crippen LogP contribution in [0.4, 0.5) is 30.7 Å². The molecule has 0 N–H and O–H groups in total. The van der Waals surface area contributed by atoms with Crippen molar-refractivity contribution in [1.29, 1.82) is 5.26 Å². The molecule has 2 aromatic carbocycles. The Morgan fingerprint density at radius 3 is 1.96 bits per heavy atom. The standard InChI is InChI=1S/C18H11F7N/c1-10-7-11(2)15(13-6-4-3-5-12(13)9-26)14(8-10)16(19,17(20,21)22)18(23,24)25/h3-6,8H,1-2H3. The molecule has 0 heterocycles. The number of hydrogen-bond acceptors (Lipinski definition) is 1. The second-order valence-electron chi connectivity index (χ2n) is 5.68. The van der Waals surface area contributed by atoms with Gasteiger partial charge in [0.05, 0.1) is 11.6 Å². The van der Waals surface area contributed by atoms with Crippen molar-refractivity contribution >= 4 is 0 Å². The molecule has 26 heavy (non-hydrogen) atoms. The van der Waals surface area contributed by atoms with Crippen LogP contribution in [0.3, 0.4) is 0 Å². The van der Waals surface area contributed by atoms with Gasteiger partial charge < -0.3 is 0 Å². The Morgan fingerprint density at radius 2 is 1.46 bits per heavy atom. The molecule has 0 atom stereocenters. The van der Waals surface area contributed by atoms with E-state index in [1.165, 1.54) is 38.1 Å². The lowest BCUT2D eigenvalue weighted by molar-refractivity contribution is -0.348. The van der Waals surface area contributed by atoms with Crippen molar-refractivity contribution in [2.75, 3.05) is 0 Å². The van der Waals surface area contributed by atoms with Crippen LogP contribution in [0.1, 0.15) is 22.3 Å². The minimum absolute atomic E-state index is 0.0915. The summed E-state index contributed by atoms with van der Waals surface area (Å²) in [5.74, 6) is 0. The summed E-state index contributed by atoms with van der Waals surface area (Å²) in [4.78, 5) is 0. The van der Waals surface area contributed by atoms with Crippen LogP contribution in [0.5, 0.6) is 0 Å². The van der Waals surface area contributed by atoms with Gasteiger partial charge in [0.15, 0.2) is 0 Å². The zero-order chi connectivity index (χ0) is 19.9. The van der Waals surface area contributed by atoms with Gasteiger partial charge in [-0.05, 0) is 42.7 Å². The van der Waals surface area contributed by atoms with E-state index in [1.807, 2.05) is 0 Å². The molecule has 0 amide bonds. The Balaban J connectivity index is 3.01. The van der Waals surface area contributed by atoms with Gasteiger partial charge in [-0.25, -0.2) is 4.39 Å². The summed E-state index contributed by atoms with van der Waals surface area (Å²) in [6.07, 6.45) is -12.5. The van der Waals surface area contributed by atoms with Gasteiger partial charge in [0, 0.05) is 11.1 Å². The molecular weight excluding hydrogens is 363 g/mol. The monoisotopic (exact) mass is 374 g/mol. The van der Waals surface area contributed by atoms with E-state index in [2.05, 4.69) is 6.07 Å². The molecule has 2 rings (SSSR count). The van der Waals surface area contributed by atoms with E-state index < -0.39 is 29.1 Å². The fourth-order valence-corrected chi connectivity index (χ4v) is 2.77. The van der Waals surface area contributed by atoms with Crippen molar-refractivity contribution in [3.05, 3.63) is 58.7 Å². The van der Waals surface area contributed by atoms with E-state index in [0.29, 0.717) is 6.07 Å². The fraction of sp³-hybridized carbons (Fsp3) is 0.278. The van der Waals surface area contributed by atoms with E-state index >= 15 is 0 Å². The SMILES string of the molecule is Cc1[c]c(C)c(-c2ccccc2C#N)c(C(F)(C(F)(F)F)C(F)(F)F)c1. The molecule has 0 aromatic heterocycles. The Kier molecular flexibility index (Phi) is 4.79. The lowest BCUT2D eigenvalue weighted by Crippen LogP contribution is -2.50. The first-order chi connectivity index (χ1) is 11.8. The molecule has 0 aliphatic heterocycles. The predicted molar refractivity (Wildman–Crippen MR) is 79.8 cm³/mol. The summed E-state index contributed by atoms with van der Waals surface area (Å²) in [7, 11) is 0. The van der Waals surface area contributed by atoms with Gasteiger partial charge in [-0.3, -0.25) is 0 Å². The van der Waals surface area contributed by atoms with Crippen LogP contribution in [0.25, 0.3) is 11.1 Å². The number of aryl methyl sites for hydroxylation is 2. The van der Waals surface area contributed by atoms with Gasteiger partial charge in [-0.1, -0.05) is 24.3 Å². The average molecular weight is 374 g/mol. The number of hydrogen-bond donors (Lipinski definition) is 0. The Morgan fingerprint density at radius 1 is 0.923 bits per heavy atom. The molecule has 137 valence electrons. The largest absolute Gasteiger partial charge is 0.435 e. The summed E-state index contributed by atoms with van der Waals surface area (Å²) in [6.45, 7) is 2.43. The first-order valence-corrected chi connectivity index (χ1v) is 7.20. The molecule has 0 spiro atoms. The lowest BCUT2D eigenvalue weighted by Gasteiger charge is -2.33. The molecule has 1 radical (unpaired) electrons.